The topological polar surface area (TPSA) is 127 Å². The van der Waals surface area contributed by atoms with Crippen molar-refractivity contribution in [3.8, 4) is 0 Å². The van der Waals surface area contributed by atoms with E-state index in [9.17, 15) is 19.8 Å². The molecule has 1 saturated heterocycles. The van der Waals surface area contributed by atoms with Crippen molar-refractivity contribution in [1.82, 2.24) is 25.5 Å². The molecule has 1 aliphatic heterocycles. The standard InChI is InChI=1S/C44H79N5O6/c1-26-35-22-32(44(35,3)4)23-36(26)46-43(53)40-39(27(2)51)38(25-50)55-49(40)24-29-14-12-15-34(41(29)54-9)30-19-31(21-33(20-30)47(5)6)42(52)45-18-17-28-13-10-11-16-37(28)48(7)8/h26-41,50-51H,10-25H2,1-9H3,(H,45,52)(H,46,53)/t26-,27-,28?,29?,30?,31?,32+,33?,34?,35-,36-,37?,38-,39+,40-,41?/m0/s1. The molecule has 55 heavy (non-hydrogen) atoms. The Kier molecular flexibility index (Phi) is 14.4. The smallest absolute Gasteiger partial charge is 0.240 e. The van der Waals surface area contributed by atoms with Crippen molar-refractivity contribution in [2.24, 2.45) is 58.7 Å². The number of hydrogen-bond acceptors (Lipinski definition) is 9. The molecule has 0 aromatic carbocycles. The highest BCUT2D eigenvalue weighted by Gasteiger charge is 2.58. The van der Waals surface area contributed by atoms with Gasteiger partial charge in [-0.1, -0.05) is 40.0 Å². The molecular weight excluding hydrogens is 695 g/mol. The molecule has 4 N–H and O–H groups in total. The van der Waals surface area contributed by atoms with Crippen LogP contribution in [0.15, 0.2) is 0 Å². The van der Waals surface area contributed by atoms with Gasteiger partial charge in [0, 0.05) is 56.1 Å². The molecule has 0 aromatic rings. The Hall–Kier alpha value is -1.34. The zero-order chi connectivity index (χ0) is 39.8. The van der Waals surface area contributed by atoms with Gasteiger partial charge in [-0.05, 0) is 140 Å². The minimum atomic E-state index is -0.822. The van der Waals surface area contributed by atoms with E-state index in [1.807, 2.05) is 7.11 Å². The van der Waals surface area contributed by atoms with E-state index in [-0.39, 0.29) is 42.4 Å². The number of amides is 2. The maximum absolute atomic E-state index is 14.3. The van der Waals surface area contributed by atoms with Gasteiger partial charge < -0.3 is 35.4 Å². The van der Waals surface area contributed by atoms with E-state index in [2.05, 4.69) is 69.4 Å². The Morgan fingerprint density at radius 3 is 2.31 bits per heavy atom. The first-order valence-corrected chi connectivity index (χ1v) is 22.3. The van der Waals surface area contributed by atoms with E-state index >= 15 is 0 Å². The zero-order valence-corrected chi connectivity index (χ0v) is 35.9. The van der Waals surface area contributed by atoms with Gasteiger partial charge in [-0.2, -0.15) is 5.06 Å². The number of hydrogen-bond donors (Lipinski definition) is 4. The van der Waals surface area contributed by atoms with Crippen molar-refractivity contribution in [3.05, 3.63) is 0 Å². The van der Waals surface area contributed by atoms with Crippen LogP contribution >= 0.6 is 0 Å². The van der Waals surface area contributed by atoms with Crippen molar-refractivity contribution in [2.45, 2.75) is 154 Å². The van der Waals surface area contributed by atoms with Crippen LogP contribution in [-0.4, -0.2) is 134 Å². The summed E-state index contributed by atoms with van der Waals surface area (Å²) in [5.41, 5.74) is 0.319. The fraction of sp³-hybridized carbons (Fsp3) is 0.955. The maximum atomic E-state index is 14.3. The Bertz CT molecular complexity index is 1280. The van der Waals surface area contributed by atoms with Crippen LogP contribution in [-0.2, 0) is 19.2 Å². The predicted molar refractivity (Wildman–Crippen MR) is 216 cm³/mol. The van der Waals surface area contributed by atoms with E-state index < -0.39 is 24.2 Å². The summed E-state index contributed by atoms with van der Waals surface area (Å²) in [5, 5.41) is 30.1. The van der Waals surface area contributed by atoms with E-state index in [0.29, 0.717) is 59.6 Å². The summed E-state index contributed by atoms with van der Waals surface area (Å²) in [4.78, 5) is 39.3. The number of hydroxylamine groups is 2. The summed E-state index contributed by atoms with van der Waals surface area (Å²) >= 11 is 0. The van der Waals surface area contributed by atoms with E-state index in [1.165, 1.54) is 32.1 Å². The van der Waals surface area contributed by atoms with Crippen molar-refractivity contribution < 1.29 is 29.4 Å². The Morgan fingerprint density at radius 1 is 0.945 bits per heavy atom. The molecule has 2 amide bonds. The molecule has 11 nitrogen and oxygen atoms in total. The summed E-state index contributed by atoms with van der Waals surface area (Å²) in [6, 6.07) is 0.337. The summed E-state index contributed by atoms with van der Waals surface area (Å²) in [6.07, 6.45) is 12.7. The number of nitrogens with zero attached hydrogens (tertiary/aromatic N) is 3. The summed E-state index contributed by atoms with van der Waals surface area (Å²) in [6.45, 7) is 9.71. The molecule has 316 valence electrons. The minimum absolute atomic E-state index is 0.0223. The van der Waals surface area contributed by atoms with Crippen molar-refractivity contribution in [3.63, 3.8) is 0 Å². The van der Waals surface area contributed by atoms with Crippen LogP contribution in [0, 0.1) is 58.7 Å². The lowest BCUT2D eigenvalue weighted by Crippen LogP contribution is -2.62. The number of aliphatic hydroxyl groups is 2. The highest BCUT2D eigenvalue weighted by Crippen LogP contribution is 2.61. The highest BCUT2D eigenvalue weighted by atomic mass is 16.7. The number of ether oxygens (including phenoxy) is 1. The van der Waals surface area contributed by atoms with Crippen LogP contribution < -0.4 is 10.6 Å². The molecule has 7 aliphatic rings. The average molecular weight is 774 g/mol. The van der Waals surface area contributed by atoms with E-state index in [4.69, 9.17) is 9.57 Å². The maximum Gasteiger partial charge on any atom is 0.240 e. The first-order chi connectivity index (χ1) is 26.2. The molecule has 6 aliphatic carbocycles. The SMILES string of the molecule is COC1C(CN2O[C@@H](CO)[C@@H]([C@H](C)O)[C@H]2C(=O)N[C@H]2C[C@H]3C[C@@H]([C@@H]2C)C3(C)C)CCCC1C1CC(C(=O)NCCC2CCCCC2N(C)C)CC(N(C)C)C1. The van der Waals surface area contributed by atoms with Gasteiger partial charge in [-0.15, -0.1) is 0 Å². The average Bonchev–Trinajstić information content (AvgIpc) is 3.53. The van der Waals surface area contributed by atoms with Gasteiger partial charge in [0.05, 0.1) is 18.8 Å². The van der Waals surface area contributed by atoms with Crippen LogP contribution in [0.4, 0.5) is 0 Å². The number of carbonyl (C=O) groups is 2. The van der Waals surface area contributed by atoms with Crippen molar-refractivity contribution in [2.75, 3.05) is 55.0 Å². The van der Waals surface area contributed by atoms with Crippen molar-refractivity contribution >= 4 is 11.8 Å². The van der Waals surface area contributed by atoms with Gasteiger partial charge in [-0.25, -0.2) is 0 Å². The molecule has 2 bridgehead atoms. The molecule has 7 rings (SSSR count). The quantitative estimate of drug-likeness (QED) is 0.201. The Labute approximate surface area is 333 Å². The molecule has 8 unspecified atom stereocenters. The second-order valence-electron chi connectivity index (χ2n) is 20.3. The molecule has 11 heteroatoms. The van der Waals surface area contributed by atoms with Gasteiger partial charge >= 0.3 is 0 Å². The number of carbonyl (C=O) groups excluding carboxylic acids is 2. The third-order valence-corrected chi connectivity index (χ3v) is 16.5. The monoisotopic (exact) mass is 774 g/mol. The van der Waals surface area contributed by atoms with Gasteiger partial charge in [-0.3, -0.25) is 14.4 Å². The fourth-order valence-electron chi connectivity index (χ4n) is 13.1. The molecule has 0 radical (unpaired) electrons. The Morgan fingerprint density at radius 2 is 1.67 bits per heavy atom. The molecule has 0 spiro atoms. The Balaban J connectivity index is 1.12. The molecule has 16 atom stereocenters. The molecule has 0 aromatic heterocycles. The largest absolute Gasteiger partial charge is 0.394 e. The molecule has 6 saturated carbocycles. The van der Waals surface area contributed by atoms with E-state index in [1.54, 1.807) is 12.0 Å². The number of fused-ring (bicyclic) bond motifs is 2. The molecule has 1 heterocycles. The highest BCUT2D eigenvalue weighted by molar-refractivity contribution is 5.83. The third kappa shape index (κ3) is 9.13. The van der Waals surface area contributed by atoms with Gasteiger partial charge in [0.15, 0.2) is 0 Å². The molecular formula is C44H79N5O6. The lowest BCUT2D eigenvalue weighted by atomic mass is 9.45. The lowest BCUT2D eigenvalue weighted by molar-refractivity contribution is -0.193. The van der Waals surface area contributed by atoms with Crippen LogP contribution in [0.3, 0.4) is 0 Å². The van der Waals surface area contributed by atoms with E-state index in [0.717, 1.165) is 57.9 Å². The zero-order valence-electron chi connectivity index (χ0n) is 35.9. The van der Waals surface area contributed by atoms with Crippen LogP contribution in [0.5, 0.6) is 0 Å². The predicted octanol–water partition coefficient (Wildman–Crippen LogP) is 4.55. The third-order valence-electron chi connectivity index (χ3n) is 16.5. The van der Waals surface area contributed by atoms with Gasteiger partial charge in [0.1, 0.15) is 12.1 Å². The van der Waals surface area contributed by atoms with Crippen LogP contribution in [0.2, 0.25) is 0 Å². The summed E-state index contributed by atoms with van der Waals surface area (Å²) in [5.74, 6) is 2.53. The van der Waals surface area contributed by atoms with Crippen LogP contribution in [0.25, 0.3) is 0 Å². The molecule has 7 fully saturated rings. The minimum Gasteiger partial charge on any atom is -0.394 e. The van der Waals surface area contributed by atoms with Crippen molar-refractivity contribution in [1.29, 1.82) is 0 Å². The number of aliphatic hydroxyl groups excluding tert-OH is 2. The number of rotatable bonds is 14. The van der Waals surface area contributed by atoms with Gasteiger partial charge in [0.25, 0.3) is 0 Å². The second-order valence-corrected chi connectivity index (χ2v) is 20.3. The summed E-state index contributed by atoms with van der Waals surface area (Å²) in [7, 11) is 10.5. The first-order valence-electron chi connectivity index (χ1n) is 22.3. The van der Waals surface area contributed by atoms with Gasteiger partial charge in [0.2, 0.25) is 11.8 Å². The van der Waals surface area contributed by atoms with Crippen LogP contribution in [0.1, 0.15) is 111 Å². The second kappa shape index (κ2) is 18.3. The first kappa shape index (κ1) is 43.2. The number of nitrogens with one attached hydrogen (secondary N) is 2. The number of methoxy groups -OCH3 is 1. The normalized spacial score (nSPS) is 42.5. The fourth-order valence-corrected chi connectivity index (χ4v) is 13.1. The lowest BCUT2D eigenvalue weighted by Gasteiger charge is -2.62. The summed E-state index contributed by atoms with van der Waals surface area (Å²) < 4.78 is 6.43.